The van der Waals surface area contributed by atoms with Crippen molar-refractivity contribution in [1.29, 1.82) is 0 Å². The van der Waals surface area contributed by atoms with Crippen LogP contribution >= 0.6 is 0 Å². The summed E-state index contributed by atoms with van der Waals surface area (Å²) >= 11 is 0. The fourth-order valence-corrected chi connectivity index (χ4v) is 3.28. The van der Waals surface area contributed by atoms with Crippen molar-refractivity contribution in [1.82, 2.24) is 19.4 Å². The summed E-state index contributed by atoms with van der Waals surface area (Å²) in [6.07, 6.45) is 4.24. The van der Waals surface area contributed by atoms with Crippen molar-refractivity contribution >= 4 is 6.09 Å². The van der Waals surface area contributed by atoms with Crippen LogP contribution in [-0.4, -0.2) is 37.7 Å². The topological polar surface area (TPSA) is 60.2 Å². The summed E-state index contributed by atoms with van der Waals surface area (Å²) in [6, 6.07) is 4.11. The number of carbonyl (C=O) groups excluding carboxylic acids is 1. The van der Waals surface area contributed by atoms with Crippen LogP contribution in [0.3, 0.4) is 0 Å². The van der Waals surface area contributed by atoms with Gasteiger partial charge in [0.05, 0.1) is 25.1 Å². The average molecular weight is 356 g/mol. The van der Waals surface area contributed by atoms with E-state index in [1.807, 2.05) is 39.4 Å². The molecule has 0 unspecified atom stereocenters. The Morgan fingerprint density at radius 3 is 2.77 bits per heavy atom. The van der Waals surface area contributed by atoms with Gasteiger partial charge >= 0.3 is 6.09 Å². The molecule has 6 nitrogen and oxygen atoms in total. The summed E-state index contributed by atoms with van der Waals surface area (Å²) in [6.45, 7) is 11.9. The first-order valence-corrected chi connectivity index (χ1v) is 9.19. The van der Waals surface area contributed by atoms with Gasteiger partial charge in [-0.25, -0.2) is 9.78 Å². The van der Waals surface area contributed by atoms with Gasteiger partial charge in [-0.3, -0.25) is 4.98 Å². The maximum absolute atomic E-state index is 12.3. The Hall–Kier alpha value is -2.37. The summed E-state index contributed by atoms with van der Waals surface area (Å²) < 4.78 is 7.67. The Bertz CT molecular complexity index is 789. The van der Waals surface area contributed by atoms with Crippen LogP contribution in [-0.2, 0) is 24.2 Å². The highest BCUT2D eigenvalue weighted by Gasteiger charge is 2.28. The van der Waals surface area contributed by atoms with E-state index in [2.05, 4.69) is 34.4 Å². The smallest absolute Gasteiger partial charge is 0.410 e. The summed E-state index contributed by atoms with van der Waals surface area (Å²) in [5, 5.41) is 0. The second kappa shape index (κ2) is 7.09. The fourth-order valence-electron chi connectivity index (χ4n) is 3.28. The highest BCUT2D eigenvalue weighted by atomic mass is 16.6. The molecular formula is C20H28N4O2. The number of carbonyl (C=O) groups is 1. The van der Waals surface area contributed by atoms with E-state index < -0.39 is 5.60 Å². The lowest BCUT2D eigenvalue weighted by molar-refractivity contribution is 0.0220. The number of hydrogen-bond acceptors (Lipinski definition) is 4. The van der Waals surface area contributed by atoms with E-state index in [1.54, 1.807) is 4.90 Å². The number of ether oxygens (including phenoxy) is 1. The lowest BCUT2D eigenvalue weighted by Gasteiger charge is -2.30. The van der Waals surface area contributed by atoms with E-state index in [0.717, 1.165) is 24.4 Å². The fraction of sp³-hybridized carbons (Fsp3) is 0.550. The number of imidazole rings is 1. The molecule has 0 fully saturated rings. The Balaban J connectivity index is 1.75. The molecule has 2 aromatic rings. The van der Waals surface area contributed by atoms with Gasteiger partial charge in [-0.15, -0.1) is 0 Å². The summed E-state index contributed by atoms with van der Waals surface area (Å²) in [5.74, 6) is 0.383. The molecule has 1 aliphatic rings. The Morgan fingerprint density at radius 2 is 2.08 bits per heavy atom. The molecule has 0 aliphatic carbocycles. The number of hydrogen-bond donors (Lipinski definition) is 0. The van der Waals surface area contributed by atoms with E-state index in [9.17, 15) is 4.79 Å². The lowest BCUT2D eigenvalue weighted by Crippen LogP contribution is -2.40. The average Bonchev–Trinajstić information content (AvgIpc) is 2.96. The normalized spacial score (nSPS) is 14.5. The third kappa shape index (κ3) is 4.06. The van der Waals surface area contributed by atoms with Crippen molar-refractivity contribution in [3.8, 4) is 0 Å². The summed E-state index contributed by atoms with van der Waals surface area (Å²) in [4.78, 5) is 23.1. The van der Waals surface area contributed by atoms with Gasteiger partial charge in [0, 0.05) is 30.6 Å². The first-order chi connectivity index (χ1) is 12.2. The van der Waals surface area contributed by atoms with Gasteiger partial charge in [0.15, 0.2) is 0 Å². The van der Waals surface area contributed by atoms with Crippen molar-refractivity contribution in [2.75, 3.05) is 6.54 Å². The number of nitrogens with zero attached hydrogens (tertiary/aromatic N) is 4. The quantitative estimate of drug-likeness (QED) is 0.840. The minimum atomic E-state index is -0.482. The minimum absolute atomic E-state index is 0.271. The molecule has 26 heavy (non-hydrogen) atoms. The molecule has 0 radical (unpaired) electrons. The van der Waals surface area contributed by atoms with Crippen molar-refractivity contribution < 1.29 is 9.53 Å². The van der Waals surface area contributed by atoms with Crippen molar-refractivity contribution in [2.45, 2.75) is 65.6 Å². The molecule has 1 aliphatic heterocycles. The van der Waals surface area contributed by atoms with E-state index in [1.165, 1.54) is 11.3 Å². The highest BCUT2D eigenvalue weighted by Crippen LogP contribution is 2.23. The van der Waals surface area contributed by atoms with Crippen LogP contribution in [0.2, 0.25) is 0 Å². The maximum atomic E-state index is 12.3. The van der Waals surface area contributed by atoms with E-state index in [4.69, 9.17) is 4.74 Å². The molecule has 2 aromatic heterocycles. The van der Waals surface area contributed by atoms with Gasteiger partial charge in [0.2, 0.25) is 0 Å². The molecule has 1 amide bonds. The van der Waals surface area contributed by atoms with Crippen LogP contribution in [0, 0.1) is 0 Å². The number of rotatable bonds is 3. The predicted molar refractivity (Wildman–Crippen MR) is 100 cm³/mol. The first-order valence-electron chi connectivity index (χ1n) is 9.19. The molecule has 6 heteroatoms. The molecule has 3 rings (SSSR count). The SMILES string of the molecule is CC(C)c1ncccc1Cn1cnc2c1CCN(C(=O)OC(C)(C)C)C2. The Kier molecular flexibility index (Phi) is 5.03. The zero-order valence-corrected chi connectivity index (χ0v) is 16.3. The molecule has 0 saturated carbocycles. The van der Waals surface area contributed by atoms with Crippen LogP contribution < -0.4 is 0 Å². The summed E-state index contributed by atoms with van der Waals surface area (Å²) in [7, 11) is 0. The van der Waals surface area contributed by atoms with Crippen molar-refractivity contribution in [2.24, 2.45) is 0 Å². The van der Waals surface area contributed by atoms with E-state index in [-0.39, 0.29) is 6.09 Å². The third-order valence-electron chi connectivity index (χ3n) is 4.46. The van der Waals surface area contributed by atoms with Gasteiger partial charge in [-0.2, -0.15) is 0 Å². The number of pyridine rings is 1. The maximum Gasteiger partial charge on any atom is 0.410 e. The van der Waals surface area contributed by atoms with E-state index >= 15 is 0 Å². The molecule has 140 valence electrons. The molecule has 0 atom stereocenters. The van der Waals surface area contributed by atoms with Crippen LogP contribution in [0.4, 0.5) is 4.79 Å². The number of amides is 1. The minimum Gasteiger partial charge on any atom is -0.444 e. The van der Waals surface area contributed by atoms with Crippen LogP contribution in [0.25, 0.3) is 0 Å². The van der Waals surface area contributed by atoms with Crippen LogP contribution in [0.15, 0.2) is 24.7 Å². The number of fused-ring (bicyclic) bond motifs is 1. The largest absolute Gasteiger partial charge is 0.444 e. The third-order valence-corrected chi connectivity index (χ3v) is 4.46. The van der Waals surface area contributed by atoms with E-state index in [0.29, 0.717) is 19.0 Å². The number of aromatic nitrogens is 3. The second-order valence-electron chi connectivity index (χ2n) is 8.12. The zero-order valence-electron chi connectivity index (χ0n) is 16.3. The first kappa shape index (κ1) is 18.4. The van der Waals surface area contributed by atoms with Crippen molar-refractivity contribution in [3.05, 3.63) is 47.3 Å². The molecule has 0 spiro atoms. The van der Waals surface area contributed by atoms with Crippen LogP contribution in [0.1, 0.15) is 63.2 Å². The van der Waals surface area contributed by atoms with Crippen molar-refractivity contribution in [3.63, 3.8) is 0 Å². The van der Waals surface area contributed by atoms with Gasteiger partial charge < -0.3 is 14.2 Å². The summed E-state index contributed by atoms with van der Waals surface area (Å²) in [5.41, 5.74) is 4.02. The van der Waals surface area contributed by atoms with Gasteiger partial charge in [-0.1, -0.05) is 19.9 Å². The standard InChI is InChI=1S/C20H28N4O2/c1-14(2)18-15(7-6-9-21-18)11-24-13-22-16-12-23(10-8-17(16)24)19(25)26-20(3,4)5/h6-7,9,13-14H,8,10-12H2,1-5H3. The second-order valence-corrected chi connectivity index (χ2v) is 8.12. The predicted octanol–water partition coefficient (Wildman–Crippen LogP) is 3.74. The molecule has 0 saturated heterocycles. The monoisotopic (exact) mass is 356 g/mol. The molecule has 0 N–H and O–H groups in total. The Labute approximate surface area is 155 Å². The van der Waals surface area contributed by atoms with Gasteiger partial charge in [-0.05, 0) is 38.3 Å². The Morgan fingerprint density at radius 1 is 1.31 bits per heavy atom. The van der Waals surface area contributed by atoms with Crippen LogP contribution in [0.5, 0.6) is 0 Å². The van der Waals surface area contributed by atoms with Gasteiger partial charge in [0.1, 0.15) is 5.60 Å². The van der Waals surface area contributed by atoms with Gasteiger partial charge in [0.25, 0.3) is 0 Å². The molecule has 0 bridgehead atoms. The highest BCUT2D eigenvalue weighted by molar-refractivity contribution is 5.68. The molecule has 0 aromatic carbocycles. The zero-order chi connectivity index (χ0) is 18.9. The molecule has 3 heterocycles. The molecular weight excluding hydrogens is 328 g/mol. The lowest BCUT2D eigenvalue weighted by atomic mass is 10.0.